The monoisotopic (exact) mass is 490 g/mol. The number of benzene rings is 3. The Hall–Kier alpha value is -2.53. The van der Waals surface area contributed by atoms with Gasteiger partial charge in [0.05, 0.1) is 10.7 Å². The molecule has 5 heteroatoms. The number of aliphatic hydroxyl groups is 1. The zero-order chi connectivity index (χ0) is 24.3. The van der Waals surface area contributed by atoms with Gasteiger partial charge in [-0.2, -0.15) is 0 Å². The molecule has 0 amide bonds. The second-order valence-electron chi connectivity index (χ2n) is 8.50. The molecule has 0 aliphatic carbocycles. The van der Waals surface area contributed by atoms with Crippen molar-refractivity contribution in [1.82, 2.24) is 9.55 Å². The van der Waals surface area contributed by atoms with Crippen molar-refractivity contribution >= 4 is 23.4 Å². The topological polar surface area (TPSA) is 38.0 Å². The van der Waals surface area contributed by atoms with Crippen LogP contribution in [-0.4, -0.2) is 20.4 Å². The van der Waals surface area contributed by atoms with Crippen molar-refractivity contribution in [2.75, 3.05) is 5.75 Å². The Morgan fingerprint density at radius 2 is 1.65 bits per heavy atom. The largest absolute Gasteiger partial charge is 0.384 e. The zero-order valence-electron chi connectivity index (χ0n) is 20.2. The fourth-order valence-corrected chi connectivity index (χ4v) is 5.10. The van der Waals surface area contributed by atoms with Crippen LogP contribution >= 0.6 is 23.4 Å². The van der Waals surface area contributed by atoms with E-state index in [0.717, 1.165) is 34.0 Å². The van der Waals surface area contributed by atoms with E-state index >= 15 is 0 Å². The first-order valence-corrected chi connectivity index (χ1v) is 13.2. The smallest absolute Gasteiger partial charge is 0.146 e. The summed E-state index contributed by atoms with van der Waals surface area (Å²) in [7, 11) is 0. The summed E-state index contributed by atoms with van der Waals surface area (Å²) in [4.78, 5) is 6.19. The molecule has 0 bridgehead atoms. The van der Waals surface area contributed by atoms with E-state index in [1.54, 1.807) is 0 Å². The number of halogens is 1. The molecule has 0 radical (unpaired) electrons. The molecule has 1 aromatic heterocycles. The van der Waals surface area contributed by atoms with Crippen LogP contribution in [0.15, 0.2) is 77.8 Å². The zero-order valence-corrected chi connectivity index (χ0v) is 21.7. The minimum absolute atomic E-state index is 0.590. The molecule has 1 N–H and O–H groups in total. The normalized spacial score (nSPS) is 11.7. The number of imidazole rings is 1. The van der Waals surface area contributed by atoms with Crippen molar-refractivity contribution in [2.24, 2.45) is 0 Å². The van der Waals surface area contributed by atoms with Gasteiger partial charge in [-0.15, -0.1) is 11.8 Å². The summed E-state index contributed by atoms with van der Waals surface area (Å²) in [5, 5.41) is 11.9. The van der Waals surface area contributed by atoms with Crippen LogP contribution in [-0.2, 0) is 5.60 Å². The van der Waals surface area contributed by atoms with Gasteiger partial charge in [-0.3, -0.25) is 4.57 Å². The van der Waals surface area contributed by atoms with Crippen molar-refractivity contribution in [3.05, 3.63) is 89.2 Å². The van der Waals surface area contributed by atoms with Crippen molar-refractivity contribution < 1.29 is 5.11 Å². The lowest BCUT2D eigenvalue weighted by Gasteiger charge is -2.22. The molecule has 176 valence electrons. The Bertz CT molecular complexity index is 1280. The SMILES string of the molecule is CCSc1cccc(-c2ccc(-n3cc(C(O)(CC)CC)nc3-c3cccc(C)c3Cl)cc2)c1. The molecule has 3 nitrogen and oxygen atoms in total. The van der Waals surface area contributed by atoms with Gasteiger partial charge in [-0.05, 0) is 72.5 Å². The minimum Gasteiger partial charge on any atom is -0.384 e. The Labute approximate surface area is 211 Å². The highest BCUT2D eigenvalue weighted by atomic mass is 35.5. The molecule has 0 saturated heterocycles. The highest BCUT2D eigenvalue weighted by Gasteiger charge is 2.30. The number of hydrogen-bond acceptors (Lipinski definition) is 3. The second kappa shape index (κ2) is 10.4. The lowest BCUT2D eigenvalue weighted by atomic mass is 9.94. The quantitative estimate of drug-likeness (QED) is 0.252. The first kappa shape index (κ1) is 24.6. The van der Waals surface area contributed by atoms with Gasteiger partial charge in [0.1, 0.15) is 11.4 Å². The molecule has 34 heavy (non-hydrogen) atoms. The molecule has 4 aromatic rings. The summed E-state index contributed by atoms with van der Waals surface area (Å²) in [5.74, 6) is 1.79. The van der Waals surface area contributed by atoms with Crippen LogP contribution in [0.1, 0.15) is 44.9 Å². The van der Waals surface area contributed by atoms with E-state index in [9.17, 15) is 5.11 Å². The molecule has 0 unspecified atom stereocenters. The summed E-state index contributed by atoms with van der Waals surface area (Å²) in [6.45, 7) is 8.14. The fraction of sp³-hybridized carbons (Fsp3) is 0.276. The third-order valence-electron chi connectivity index (χ3n) is 6.41. The summed E-state index contributed by atoms with van der Waals surface area (Å²) in [5.41, 5.74) is 4.88. The summed E-state index contributed by atoms with van der Waals surface area (Å²) in [6, 6.07) is 23.1. The standard InChI is InChI=1S/C29H31ClN2OS/c1-5-29(33,6-2)26-19-32(28(31-26)25-13-8-10-20(4)27(25)30)23-16-14-21(15-17-23)22-11-9-12-24(18-22)34-7-3/h8-19,33H,5-7H2,1-4H3. The van der Waals surface area contributed by atoms with E-state index < -0.39 is 5.60 Å². The molecular formula is C29H31ClN2OS. The lowest BCUT2D eigenvalue weighted by Crippen LogP contribution is -2.23. The molecule has 0 atom stereocenters. The van der Waals surface area contributed by atoms with Crippen LogP contribution in [0.2, 0.25) is 5.02 Å². The molecule has 0 aliphatic rings. The van der Waals surface area contributed by atoms with E-state index in [4.69, 9.17) is 16.6 Å². The van der Waals surface area contributed by atoms with Crippen molar-refractivity contribution in [2.45, 2.75) is 51.0 Å². The molecule has 4 rings (SSSR count). The van der Waals surface area contributed by atoms with Gasteiger partial charge in [-0.1, -0.05) is 68.8 Å². The van der Waals surface area contributed by atoms with Crippen molar-refractivity contribution in [3.8, 4) is 28.2 Å². The number of rotatable bonds is 8. The van der Waals surface area contributed by atoms with Crippen LogP contribution in [0.25, 0.3) is 28.2 Å². The van der Waals surface area contributed by atoms with Gasteiger partial charge in [0.15, 0.2) is 0 Å². The molecule has 0 aliphatic heterocycles. The average Bonchev–Trinajstić information content (AvgIpc) is 3.31. The number of aryl methyl sites for hydroxylation is 1. The van der Waals surface area contributed by atoms with Gasteiger partial charge >= 0.3 is 0 Å². The maximum absolute atomic E-state index is 11.2. The third-order valence-corrected chi connectivity index (χ3v) is 7.79. The molecular weight excluding hydrogens is 460 g/mol. The molecule has 0 spiro atoms. The van der Waals surface area contributed by atoms with Gasteiger partial charge in [0.2, 0.25) is 0 Å². The van der Waals surface area contributed by atoms with Gasteiger partial charge < -0.3 is 5.11 Å². The van der Waals surface area contributed by atoms with E-state index in [1.165, 1.54) is 10.5 Å². The molecule has 1 heterocycles. The predicted octanol–water partition coefficient (Wildman–Crippen LogP) is 8.29. The van der Waals surface area contributed by atoms with E-state index in [-0.39, 0.29) is 0 Å². The second-order valence-corrected chi connectivity index (χ2v) is 10.2. The Morgan fingerprint density at radius 1 is 0.941 bits per heavy atom. The van der Waals surface area contributed by atoms with Crippen LogP contribution in [0.4, 0.5) is 0 Å². The number of aromatic nitrogens is 2. The van der Waals surface area contributed by atoms with Crippen LogP contribution < -0.4 is 0 Å². The summed E-state index contributed by atoms with van der Waals surface area (Å²) >= 11 is 8.55. The first-order chi connectivity index (χ1) is 16.4. The lowest BCUT2D eigenvalue weighted by molar-refractivity contribution is 0.0244. The first-order valence-electron chi connectivity index (χ1n) is 11.8. The van der Waals surface area contributed by atoms with Crippen LogP contribution in [0, 0.1) is 6.92 Å². The van der Waals surface area contributed by atoms with Gasteiger partial charge in [-0.25, -0.2) is 4.98 Å². The predicted molar refractivity (Wildman–Crippen MR) is 145 cm³/mol. The Kier molecular flexibility index (Phi) is 7.51. The van der Waals surface area contributed by atoms with E-state index in [0.29, 0.717) is 23.6 Å². The van der Waals surface area contributed by atoms with E-state index in [2.05, 4.69) is 55.5 Å². The maximum atomic E-state index is 11.2. The van der Waals surface area contributed by atoms with E-state index in [1.807, 2.05) is 61.5 Å². The number of hydrogen-bond donors (Lipinski definition) is 1. The number of nitrogens with zero attached hydrogens (tertiary/aromatic N) is 2. The Morgan fingerprint density at radius 3 is 2.32 bits per heavy atom. The maximum Gasteiger partial charge on any atom is 0.146 e. The average molecular weight is 491 g/mol. The highest BCUT2D eigenvalue weighted by Crippen LogP contribution is 2.36. The highest BCUT2D eigenvalue weighted by molar-refractivity contribution is 7.99. The molecule has 0 saturated carbocycles. The third kappa shape index (κ3) is 4.81. The fourth-order valence-electron chi connectivity index (χ4n) is 4.17. The van der Waals surface area contributed by atoms with Crippen molar-refractivity contribution in [3.63, 3.8) is 0 Å². The summed E-state index contributed by atoms with van der Waals surface area (Å²) in [6.07, 6.45) is 3.13. The number of thioether (sulfide) groups is 1. The van der Waals surface area contributed by atoms with Gasteiger partial charge in [0, 0.05) is 22.3 Å². The minimum atomic E-state index is -0.979. The van der Waals surface area contributed by atoms with Crippen LogP contribution in [0.5, 0.6) is 0 Å². The van der Waals surface area contributed by atoms with Crippen LogP contribution in [0.3, 0.4) is 0 Å². The molecule has 3 aromatic carbocycles. The molecule has 0 fully saturated rings. The van der Waals surface area contributed by atoms with Gasteiger partial charge in [0.25, 0.3) is 0 Å². The summed E-state index contributed by atoms with van der Waals surface area (Å²) < 4.78 is 2.04. The van der Waals surface area contributed by atoms with Crippen molar-refractivity contribution in [1.29, 1.82) is 0 Å². The Balaban J connectivity index is 1.81.